The highest BCUT2D eigenvalue weighted by Gasteiger charge is 2.13. The van der Waals surface area contributed by atoms with Gasteiger partial charge in [0.25, 0.3) is 0 Å². The highest BCUT2D eigenvalue weighted by molar-refractivity contribution is 5.79. The summed E-state index contributed by atoms with van der Waals surface area (Å²) in [5, 5.41) is 6.29. The number of fused-ring (bicyclic) bond motifs is 1. The first-order valence-corrected chi connectivity index (χ1v) is 9.54. The zero-order valence-corrected chi connectivity index (χ0v) is 16.9. The second-order valence-corrected chi connectivity index (χ2v) is 6.46. The number of methoxy groups -OCH3 is 1. The van der Waals surface area contributed by atoms with Gasteiger partial charge in [-0.25, -0.2) is 0 Å². The normalized spacial score (nSPS) is 13.6. The third-order valence-electron chi connectivity index (χ3n) is 4.43. The average Bonchev–Trinajstić information content (AvgIpc) is 2.99. The van der Waals surface area contributed by atoms with Gasteiger partial charge in [0.1, 0.15) is 11.5 Å². The van der Waals surface area contributed by atoms with Crippen molar-refractivity contribution in [2.24, 2.45) is 4.99 Å². The summed E-state index contributed by atoms with van der Waals surface area (Å²) < 4.78 is 46.4. The van der Waals surface area contributed by atoms with Crippen LogP contribution in [0.4, 0.5) is 8.78 Å². The van der Waals surface area contributed by atoms with Crippen LogP contribution in [-0.4, -0.2) is 39.9 Å². The number of nitrogens with zero attached hydrogens (tertiary/aromatic N) is 1. The molecule has 1 heterocycles. The molecule has 0 saturated carbocycles. The Labute approximate surface area is 174 Å². The minimum Gasteiger partial charge on any atom is -0.497 e. The zero-order valence-electron chi connectivity index (χ0n) is 16.9. The molecule has 0 saturated heterocycles. The highest BCUT2D eigenvalue weighted by Crippen LogP contribution is 2.30. The lowest BCUT2D eigenvalue weighted by molar-refractivity contribution is -0.0505. The number of halogens is 2. The van der Waals surface area contributed by atoms with E-state index in [0.717, 1.165) is 23.5 Å². The molecule has 2 N–H and O–H groups in total. The van der Waals surface area contributed by atoms with Crippen LogP contribution < -0.4 is 29.6 Å². The van der Waals surface area contributed by atoms with Crippen LogP contribution in [0.5, 0.6) is 23.0 Å². The SMILES string of the molecule is CN=C(NCc1ccc2c(c1)OCCCO2)NCc1cc(OC)ccc1OC(F)F. The average molecular weight is 421 g/mol. The van der Waals surface area contributed by atoms with Crippen LogP contribution in [0.1, 0.15) is 17.5 Å². The highest BCUT2D eigenvalue weighted by atomic mass is 19.3. The Morgan fingerprint density at radius 3 is 2.57 bits per heavy atom. The van der Waals surface area contributed by atoms with Crippen LogP contribution in [0.2, 0.25) is 0 Å². The maximum atomic E-state index is 12.7. The molecule has 0 bridgehead atoms. The number of hydrogen-bond acceptors (Lipinski definition) is 5. The smallest absolute Gasteiger partial charge is 0.387 e. The number of nitrogens with one attached hydrogen (secondary N) is 2. The Morgan fingerprint density at radius 2 is 1.83 bits per heavy atom. The van der Waals surface area contributed by atoms with E-state index in [2.05, 4.69) is 20.4 Å². The zero-order chi connectivity index (χ0) is 21.3. The first-order chi connectivity index (χ1) is 14.6. The second kappa shape index (κ2) is 10.5. The minimum absolute atomic E-state index is 0.0802. The molecule has 0 unspecified atom stereocenters. The third kappa shape index (κ3) is 5.88. The predicted octanol–water partition coefficient (Wildman–Crippen LogP) is 3.32. The van der Waals surface area contributed by atoms with E-state index in [1.54, 1.807) is 19.2 Å². The van der Waals surface area contributed by atoms with Crippen LogP contribution in [0, 0.1) is 0 Å². The minimum atomic E-state index is -2.91. The van der Waals surface area contributed by atoms with Crippen molar-refractivity contribution in [1.82, 2.24) is 10.6 Å². The lowest BCUT2D eigenvalue weighted by Crippen LogP contribution is -2.36. The number of rotatable bonds is 7. The molecule has 30 heavy (non-hydrogen) atoms. The molecule has 3 rings (SSSR count). The van der Waals surface area contributed by atoms with E-state index in [1.165, 1.54) is 13.2 Å². The predicted molar refractivity (Wildman–Crippen MR) is 109 cm³/mol. The van der Waals surface area contributed by atoms with Gasteiger partial charge >= 0.3 is 6.61 Å². The van der Waals surface area contributed by atoms with Crippen molar-refractivity contribution >= 4 is 5.96 Å². The third-order valence-corrected chi connectivity index (χ3v) is 4.43. The Bertz CT molecular complexity index is 877. The summed E-state index contributed by atoms with van der Waals surface area (Å²) >= 11 is 0. The Balaban J connectivity index is 1.61. The molecule has 0 amide bonds. The molecule has 0 aliphatic carbocycles. The van der Waals surface area contributed by atoms with Crippen molar-refractivity contribution in [1.29, 1.82) is 0 Å². The van der Waals surface area contributed by atoms with Crippen molar-refractivity contribution in [3.05, 3.63) is 47.5 Å². The molecule has 0 radical (unpaired) electrons. The van der Waals surface area contributed by atoms with Gasteiger partial charge in [0.15, 0.2) is 17.5 Å². The largest absolute Gasteiger partial charge is 0.497 e. The van der Waals surface area contributed by atoms with Crippen LogP contribution >= 0.6 is 0 Å². The second-order valence-electron chi connectivity index (χ2n) is 6.46. The molecule has 2 aromatic rings. The lowest BCUT2D eigenvalue weighted by Gasteiger charge is -2.16. The van der Waals surface area contributed by atoms with Crippen molar-refractivity contribution in [3.8, 4) is 23.0 Å². The number of benzene rings is 2. The number of hydrogen-bond donors (Lipinski definition) is 2. The van der Waals surface area contributed by atoms with Gasteiger partial charge in [0, 0.05) is 32.1 Å². The molecule has 0 aromatic heterocycles. The molecule has 1 aliphatic heterocycles. The van der Waals surface area contributed by atoms with Crippen LogP contribution in [0.3, 0.4) is 0 Å². The van der Waals surface area contributed by atoms with Gasteiger partial charge in [-0.05, 0) is 35.9 Å². The number of ether oxygens (including phenoxy) is 4. The van der Waals surface area contributed by atoms with E-state index in [-0.39, 0.29) is 12.3 Å². The van der Waals surface area contributed by atoms with Crippen molar-refractivity contribution in [3.63, 3.8) is 0 Å². The van der Waals surface area contributed by atoms with Crippen molar-refractivity contribution in [2.45, 2.75) is 26.1 Å². The van der Waals surface area contributed by atoms with E-state index in [9.17, 15) is 8.78 Å². The summed E-state index contributed by atoms with van der Waals surface area (Å²) in [7, 11) is 3.14. The number of aliphatic imine (C=N–C) groups is 1. The fraction of sp³-hybridized carbons (Fsp3) is 0.381. The van der Waals surface area contributed by atoms with Gasteiger partial charge in [0.2, 0.25) is 0 Å². The number of alkyl halides is 2. The number of guanidine groups is 1. The van der Waals surface area contributed by atoms with E-state index in [0.29, 0.717) is 37.0 Å². The summed E-state index contributed by atoms with van der Waals surface area (Å²) in [6.45, 7) is -0.928. The van der Waals surface area contributed by atoms with Gasteiger partial charge in [-0.3, -0.25) is 4.99 Å². The van der Waals surface area contributed by atoms with Crippen LogP contribution in [0.15, 0.2) is 41.4 Å². The van der Waals surface area contributed by atoms with Gasteiger partial charge in [-0.15, -0.1) is 0 Å². The van der Waals surface area contributed by atoms with E-state index in [1.807, 2.05) is 18.2 Å². The molecule has 0 atom stereocenters. The Morgan fingerprint density at radius 1 is 1.07 bits per heavy atom. The molecule has 162 valence electrons. The van der Waals surface area contributed by atoms with Crippen molar-refractivity contribution in [2.75, 3.05) is 27.4 Å². The van der Waals surface area contributed by atoms with Crippen LogP contribution in [-0.2, 0) is 13.1 Å². The standard InChI is InChI=1S/C21H25F2N3O4/c1-24-21(25-12-14-4-6-18-19(10-14)29-9-3-8-28-18)26-13-15-11-16(27-2)5-7-17(15)30-20(22)23/h4-7,10-11,20H,3,8-9,12-13H2,1-2H3,(H2,24,25,26). The quantitative estimate of drug-likeness (QED) is 0.528. The fourth-order valence-corrected chi connectivity index (χ4v) is 2.93. The summed E-state index contributed by atoms with van der Waals surface area (Å²) in [5.74, 6) is 2.59. The molecule has 1 aliphatic rings. The monoisotopic (exact) mass is 421 g/mol. The molecule has 2 aromatic carbocycles. The van der Waals surface area contributed by atoms with Crippen molar-refractivity contribution < 1.29 is 27.7 Å². The maximum absolute atomic E-state index is 12.7. The molecule has 9 heteroatoms. The van der Waals surface area contributed by atoms with Gasteiger partial charge < -0.3 is 29.6 Å². The Hall–Kier alpha value is -3.23. The van der Waals surface area contributed by atoms with E-state index >= 15 is 0 Å². The summed E-state index contributed by atoms with van der Waals surface area (Å²) in [6, 6.07) is 10.4. The van der Waals surface area contributed by atoms with E-state index in [4.69, 9.17) is 14.2 Å². The first kappa shape index (κ1) is 21.5. The van der Waals surface area contributed by atoms with Gasteiger partial charge in [0.05, 0.1) is 20.3 Å². The topological polar surface area (TPSA) is 73.3 Å². The van der Waals surface area contributed by atoms with Gasteiger partial charge in [-0.1, -0.05) is 6.07 Å². The summed E-state index contributed by atoms with van der Waals surface area (Å²) in [6.07, 6.45) is 0.848. The van der Waals surface area contributed by atoms with Crippen LogP contribution in [0.25, 0.3) is 0 Å². The summed E-state index contributed by atoms with van der Waals surface area (Å²) in [4.78, 5) is 4.17. The molecular formula is C21H25F2N3O4. The Kier molecular flexibility index (Phi) is 7.53. The lowest BCUT2D eigenvalue weighted by atomic mass is 10.2. The van der Waals surface area contributed by atoms with E-state index < -0.39 is 6.61 Å². The fourth-order valence-electron chi connectivity index (χ4n) is 2.93. The molecule has 7 nitrogen and oxygen atoms in total. The first-order valence-electron chi connectivity index (χ1n) is 9.54. The van der Waals surface area contributed by atoms with Gasteiger partial charge in [-0.2, -0.15) is 8.78 Å². The molecule has 0 fully saturated rings. The molecular weight excluding hydrogens is 396 g/mol. The molecule has 0 spiro atoms. The maximum Gasteiger partial charge on any atom is 0.387 e. The summed E-state index contributed by atoms with van der Waals surface area (Å²) in [5.41, 5.74) is 1.51.